The first-order valence-corrected chi connectivity index (χ1v) is 19.7. The van der Waals surface area contributed by atoms with Gasteiger partial charge in [-0.2, -0.15) is 0 Å². The fourth-order valence-corrected chi connectivity index (χ4v) is 8.23. The maximum atomic E-state index is 14.0. The van der Waals surface area contributed by atoms with Crippen molar-refractivity contribution >= 4 is 40.8 Å². The number of β-amino-alcohol motifs (C(OH)–C–C–N with tert-alkyl or cyclic N) is 1. The van der Waals surface area contributed by atoms with Crippen LogP contribution >= 0.6 is 11.3 Å². The molecule has 0 saturated carbocycles. The summed E-state index contributed by atoms with van der Waals surface area (Å²) in [5, 5.41) is 16.5. The van der Waals surface area contributed by atoms with E-state index >= 15 is 0 Å². The Morgan fingerprint density at radius 1 is 1.00 bits per heavy atom. The Kier molecular flexibility index (Phi) is 13.7. The fourth-order valence-electron chi connectivity index (χ4n) is 7.42. The third kappa shape index (κ3) is 10.3. The Morgan fingerprint density at radius 3 is 2.27 bits per heavy atom. The van der Waals surface area contributed by atoms with E-state index in [9.17, 15) is 24.3 Å². The number of thiazole rings is 1. The lowest BCUT2D eigenvalue weighted by Crippen LogP contribution is -2.58. The molecule has 2 aromatic heterocycles. The number of likely N-dealkylation sites (tertiary alicyclic amines) is 1. The summed E-state index contributed by atoms with van der Waals surface area (Å²) < 4.78 is 10.6. The number of aryl methyl sites for hydroxylation is 1. The highest BCUT2D eigenvalue weighted by Crippen LogP contribution is 2.30. The molecule has 298 valence electrons. The normalized spacial score (nSPS) is 21.5. The zero-order chi connectivity index (χ0) is 40.0. The molecule has 5 rings (SSSR count). The Labute approximate surface area is 327 Å². The van der Waals surface area contributed by atoms with Gasteiger partial charge in [0.05, 0.1) is 47.5 Å². The molecular weight excluding hydrogens is 723 g/mol. The van der Waals surface area contributed by atoms with Gasteiger partial charge in [0.15, 0.2) is 0 Å². The number of benzene rings is 1. The van der Waals surface area contributed by atoms with Crippen molar-refractivity contribution in [2.45, 2.75) is 91.2 Å². The van der Waals surface area contributed by atoms with Gasteiger partial charge in [-0.25, -0.2) is 14.8 Å². The number of pyridine rings is 1. The first kappa shape index (κ1) is 41.7. The number of amides is 3. The highest BCUT2D eigenvalue weighted by molar-refractivity contribution is 7.13. The van der Waals surface area contributed by atoms with Crippen molar-refractivity contribution in [2.75, 3.05) is 51.4 Å². The van der Waals surface area contributed by atoms with Crippen molar-refractivity contribution in [1.29, 1.82) is 0 Å². The van der Waals surface area contributed by atoms with Crippen molar-refractivity contribution in [3.05, 3.63) is 64.9 Å². The van der Waals surface area contributed by atoms with Crippen LogP contribution in [0.4, 0.5) is 5.82 Å². The lowest BCUT2D eigenvalue weighted by Gasteiger charge is -2.45. The highest BCUT2D eigenvalue weighted by Gasteiger charge is 2.44. The Bertz CT molecular complexity index is 1780. The number of aliphatic hydroxyl groups is 1. The van der Waals surface area contributed by atoms with Gasteiger partial charge in [-0.3, -0.25) is 19.3 Å². The zero-order valence-electron chi connectivity index (χ0n) is 33.1. The predicted molar refractivity (Wildman–Crippen MR) is 211 cm³/mol. The number of hydrogen-bond donors (Lipinski definition) is 3. The van der Waals surface area contributed by atoms with Crippen LogP contribution in [0.2, 0.25) is 0 Å². The topological polar surface area (TPSA) is 167 Å². The van der Waals surface area contributed by atoms with Gasteiger partial charge in [0.25, 0.3) is 0 Å². The van der Waals surface area contributed by atoms with E-state index in [1.807, 2.05) is 70.5 Å². The summed E-state index contributed by atoms with van der Waals surface area (Å²) in [7, 11) is 1.34. The van der Waals surface area contributed by atoms with Gasteiger partial charge in [-0.15, -0.1) is 11.3 Å². The van der Waals surface area contributed by atoms with E-state index in [0.29, 0.717) is 18.7 Å². The Hall–Kier alpha value is -4.44. The minimum absolute atomic E-state index is 0.00782. The quantitative estimate of drug-likeness (QED) is 0.172. The lowest BCUT2D eigenvalue weighted by molar-refractivity contribution is -0.144. The van der Waals surface area contributed by atoms with Crippen LogP contribution in [0.1, 0.15) is 75.6 Å². The second-order valence-electron chi connectivity index (χ2n) is 15.7. The molecule has 2 aliphatic rings. The van der Waals surface area contributed by atoms with Crippen LogP contribution in [0.15, 0.2) is 48.1 Å². The average molecular weight is 778 g/mol. The molecule has 2 saturated heterocycles. The molecule has 0 spiro atoms. The van der Waals surface area contributed by atoms with Crippen LogP contribution in [-0.4, -0.2) is 125 Å². The van der Waals surface area contributed by atoms with Crippen LogP contribution in [-0.2, 0) is 23.9 Å². The molecule has 15 heteroatoms. The summed E-state index contributed by atoms with van der Waals surface area (Å²) in [6.07, 6.45) is 0.763. The maximum absolute atomic E-state index is 14.0. The van der Waals surface area contributed by atoms with E-state index in [2.05, 4.69) is 44.2 Å². The molecule has 3 aromatic rings. The van der Waals surface area contributed by atoms with Crippen LogP contribution in [0.25, 0.3) is 10.4 Å². The van der Waals surface area contributed by atoms with Gasteiger partial charge in [-0.1, -0.05) is 45.0 Å². The smallest absolute Gasteiger partial charge is 0.339 e. The summed E-state index contributed by atoms with van der Waals surface area (Å²) in [4.78, 5) is 68.4. The summed E-state index contributed by atoms with van der Waals surface area (Å²) in [6.45, 7) is 15.9. The van der Waals surface area contributed by atoms with Crippen molar-refractivity contribution in [1.82, 2.24) is 30.4 Å². The largest absolute Gasteiger partial charge is 0.465 e. The number of anilines is 1. The summed E-state index contributed by atoms with van der Waals surface area (Å²) >= 11 is 1.58. The molecule has 6 atom stereocenters. The molecule has 3 amide bonds. The molecule has 3 N–H and O–H groups in total. The minimum atomic E-state index is -0.950. The maximum Gasteiger partial charge on any atom is 0.339 e. The van der Waals surface area contributed by atoms with Crippen LogP contribution in [0, 0.1) is 12.3 Å². The number of esters is 1. The summed E-state index contributed by atoms with van der Waals surface area (Å²) in [5.74, 6) is -0.861. The molecule has 0 aliphatic carbocycles. The van der Waals surface area contributed by atoms with E-state index < -0.39 is 41.4 Å². The molecule has 55 heavy (non-hydrogen) atoms. The number of piperazine rings is 1. The highest BCUT2D eigenvalue weighted by atomic mass is 32.1. The number of aromatic nitrogens is 2. The SMILES string of the molecule is COC(=O)c1ccc(N2[C@H](C)CN(CCOCC(=O)NC(C(=O)N3C[C@H](O)CC3C(=O)NC(C)c3ccc(-c4scnc4C)cc3)C(C)(C)C)C[C@@H]2C)nc1. The number of nitrogens with one attached hydrogen (secondary N) is 2. The van der Waals surface area contributed by atoms with Crippen molar-refractivity contribution in [3.8, 4) is 10.4 Å². The number of ether oxygens (including phenoxy) is 2. The van der Waals surface area contributed by atoms with E-state index in [-0.39, 0.29) is 43.6 Å². The molecule has 3 unspecified atom stereocenters. The molecule has 4 heterocycles. The van der Waals surface area contributed by atoms with Gasteiger partial charge in [0.1, 0.15) is 24.5 Å². The van der Waals surface area contributed by atoms with Crippen LogP contribution in [0.3, 0.4) is 0 Å². The zero-order valence-corrected chi connectivity index (χ0v) is 33.9. The number of rotatable bonds is 13. The van der Waals surface area contributed by atoms with E-state index in [4.69, 9.17) is 9.47 Å². The van der Waals surface area contributed by atoms with E-state index in [1.165, 1.54) is 18.2 Å². The summed E-state index contributed by atoms with van der Waals surface area (Å²) in [5.41, 5.74) is 4.46. The van der Waals surface area contributed by atoms with Gasteiger partial charge in [0, 0.05) is 50.9 Å². The third-order valence-electron chi connectivity index (χ3n) is 10.3. The van der Waals surface area contributed by atoms with Crippen molar-refractivity contribution < 1.29 is 33.8 Å². The molecule has 14 nitrogen and oxygen atoms in total. The molecule has 0 radical (unpaired) electrons. The predicted octanol–water partition coefficient (Wildman–Crippen LogP) is 3.59. The van der Waals surface area contributed by atoms with Crippen molar-refractivity contribution in [2.24, 2.45) is 5.41 Å². The average Bonchev–Trinajstić information content (AvgIpc) is 3.76. The van der Waals surface area contributed by atoms with Gasteiger partial charge < -0.3 is 35.0 Å². The lowest BCUT2D eigenvalue weighted by atomic mass is 9.85. The first-order chi connectivity index (χ1) is 26.1. The number of aliphatic hydroxyl groups excluding tert-OH is 1. The molecule has 1 aromatic carbocycles. The van der Waals surface area contributed by atoms with Crippen molar-refractivity contribution in [3.63, 3.8) is 0 Å². The minimum Gasteiger partial charge on any atom is -0.465 e. The first-order valence-electron chi connectivity index (χ1n) is 18.8. The monoisotopic (exact) mass is 777 g/mol. The Morgan fingerprint density at radius 2 is 1.69 bits per heavy atom. The number of nitrogens with zero attached hydrogens (tertiary/aromatic N) is 5. The van der Waals surface area contributed by atoms with Crippen LogP contribution < -0.4 is 15.5 Å². The fraction of sp³-hybridized carbons (Fsp3) is 0.550. The number of carbonyl (C=O) groups excluding carboxylic acids is 4. The Balaban J connectivity index is 1.11. The van der Waals surface area contributed by atoms with Gasteiger partial charge in [0.2, 0.25) is 17.7 Å². The third-order valence-corrected chi connectivity index (χ3v) is 11.3. The second-order valence-corrected chi connectivity index (χ2v) is 16.6. The van der Waals surface area contributed by atoms with Crippen LogP contribution in [0.5, 0.6) is 0 Å². The number of methoxy groups -OCH3 is 1. The van der Waals surface area contributed by atoms with E-state index in [0.717, 1.165) is 40.6 Å². The molecular formula is C40H55N7O7S. The second kappa shape index (κ2) is 18.0. The van der Waals surface area contributed by atoms with E-state index in [1.54, 1.807) is 17.4 Å². The van der Waals surface area contributed by atoms with Gasteiger partial charge >= 0.3 is 5.97 Å². The molecule has 2 fully saturated rings. The number of carbonyl (C=O) groups is 4. The molecule has 0 bridgehead atoms. The van der Waals surface area contributed by atoms with Gasteiger partial charge in [-0.05, 0) is 56.4 Å². The number of hydrogen-bond acceptors (Lipinski definition) is 12. The standard InChI is InChI=1S/C40H55N7O7S/c1-24-19-45(20-25(2)47(24)33-14-13-30(18-41-33)39(52)53-8)15-16-54-22-34(49)44-36(40(5,6)7)38(51)46-21-31(48)17-32(46)37(50)43-26(3)28-9-11-29(12-10-28)35-27(4)42-23-55-35/h9-14,18,23-26,31-32,36,48H,15-17,19-22H2,1-8H3,(H,43,50)(H,44,49)/t24-,25+,26?,31-,32?,36?/m1/s1. The summed E-state index contributed by atoms with van der Waals surface area (Å²) in [6, 6.07) is 9.61. The molecule has 2 aliphatic heterocycles.